The Balaban J connectivity index is 1.97. The first-order valence-electron chi connectivity index (χ1n) is 6.03. The van der Waals surface area contributed by atoms with Crippen LogP contribution in [0.4, 0.5) is 0 Å². The molecule has 1 N–H and O–H groups in total. The fourth-order valence-corrected chi connectivity index (χ4v) is 2.18. The summed E-state index contributed by atoms with van der Waals surface area (Å²) in [5.74, 6) is 0.452. The second kappa shape index (κ2) is 5.48. The maximum Gasteiger partial charge on any atom is 0.267 e. The molecule has 0 aromatic carbocycles. The van der Waals surface area contributed by atoms with Crippen molar-refractivity contribution in [2.75, 3.05) is 6.54 Å². The Labute approximate surface area is 115 Å². The lowest BCUT2D eigenvalue weighted by atomic mass is 10.2. The molecule has 1 saturated carbocycles. The van der Waals surface area contributed by atoms with Crippen molar-refractivity contribution in [2.45, 2.75) is 39.3 Å². The second-order valence-corrected chi connectivity index (χ2v) is 5.97. The lowest BCUT2D eigenvalue weighted by Gasteiger charge is -2.14. The van der Waals surface area contributed by atoms with Crippen molar-refractivity contribution in [1.29, 1.82) is 0 Å². The molecule has 1 fully saturated rings. The van der Waals surface area contributed by atoms with Crippen molar-refractivity contribution >= 4 is 22.6 Å². The van der Waals surface area contributed by atoms with Gasteiger partial charge in [0, 0.05) is 12.6 Å². The maximum atomic E-state index is 12.0. The number of aryl methyl sites for hydroxylation is 1. The zero-order valence-corrected chi connectivity index (χ0v) is 12.4. The van der Waals surface area contributed by atoms with E-state index in [4.69, 9.17) is 0 Å². The van der Waals surface area contributed by atoms with Crippen LogP contribution in [-0.2, 0) is 6.54 Å². The molecule has 0 spiro atoms. The topological polar surface area (TPSA) is 46.9 Å². The Morgan fingerprint density at radius 2 is 2.35 bits per heavy atom. The number of nitrogens with one attached hydrogen (secondary N) is 1. The van der Waals surface area contributed by atoms with E-state index in [1.165, 1.54) is 12.8 Å². The molecule has 2 rings (SSSR count). The molecule has 0 amide bonds. The predicted molar refractivity (Wildman–Crippen MR) is 76.1 cm³/mol. The van der Waals surface area contributed by atoms with Gasteiger partial charge in [0.25, 0.3) is 5.56 Å². The van der Waals surface area contributed by atoms with E-state index in [9.17, 15) is 4.79 Å². The summed E-state index contributed by atoms with van der Waals surface area (Å²) < 4.78 is 2.45. The minimum atomic E-state index is 0.0800. The Morgan fingerprint density at radius 1 is 1.65 bits per heavy atom. The van der Waals surface area contributed by atoms with E-state index in [1.807, 2.05) is 6.92 Å². The van der Waals surface area contributed by atoms with Crippen LogP contribution in [0.25, 0.3) is 0 Å². The molecule has 1 heterocycles. The van der Waals surface area contributed by atoms with E-state index in [0.29, 0.717) is 5.92 Å². The van der Waals surface area contributed by atoms with Gasteiger partial charge in [0.2, 0.25) is 0 Å². The van der Waals surface area contributed by atoms with Gasteiger partial charge < -0.3 is 5.32 Å². The fraction of sp³-hybridized carbons (Fsp3) is 0.667. The van der Waals surface area contributed by atoms with Crippen molar-refractivity contribution in [3.8, 4) is 0 Å². The number of nitrogens with zero attached hydrogens (tertiary/aromatic N) is 2. The molecule has 0 bridgehead atoms. The highest BCUT2D eigenvalue weighted by atomic mass is 127. The molecular weight excluding hydrogens is 329 g/mol. The van der Waals surface area contributed by atoms with E-state index in [0.717, 1.165) is 28.4 Å². The average Bonchev–Trinajstić information content (AvgIpc) is 3.11. The monoisotopic (exact) mass is 347 g/mol. The molecule has 0 saturated heterocycles. The van der Waals surface area contributed by atoms with Crippen molar-refractivity contribution in [3.05, 3.63) is 25.9 Å². The summed E-state index contributed by atoms with van der Waals surface area (Å²) in [7, 11) is 0. The van der Waals surface area contributed by atoms with Crippen LogP contribution in [0.2, 0.25) is 0 Å². The number of aromatic nitrogens is 2. The normalized spacial score (nSPS) is 17.1. The van der Waals surface area contributed by atoms with E-state index in [2.05, 4.69) is 39.8 Å². The zero-order chi connectivity index (χ0) is 12.4. The van der Waals surface area contributed by atoms with Gasteiger partial charge in [-0.15, -0.1) is 0 Å². The van der Waals surface area contributed by atoms with Crippen LogP contribution in [0.1, 0.15) is 25.5 Å². The first-order valence-corrected chi connectivity index (χ1v) is 7.10. The van der Waals surface area contributed by atoms with Gasteiger partial charge in [0.1, 0.15) is 0 Å². The third kappa shape index (κ3) is 3.51. The molecule has 1 aromatic rings. The predicted octanol–water partition coefficient (Wildman–Crippen LogP) is 1.54. The van der Waals surface area contributed by atoms with Crippen LogP contribution >= 0.6 is 22.6 Å². The molecular formula is C12H18IN3O. The fourth-order valence-electron chi connectivity index (χ4n) is 1.73. The van der Waals surface area contributed by atoms with Crippen molar-refractivity contribution in [1.82, 2.24) is 14.9 Å². The van der Waals surface area contributed by atoms with Crippen molar-refractivity contribution in [3.63, 3.8) is 0 Å². The van der Waals surface area contributed by atoms with Gasteiger partial charge in [-0.25, -0.2) is 4.98 Å². The van der Waals surface area contributed by atoms with Gasteiger partial charge in [-0.2, -0.15) is 0 Å². The summed E-state index contributed by atoms with van der Waals surface area (Å²) in [6, 6.07) is 0.727. The summed E-state index contributed by atoms with van der Waals surface area (Å²) in [6.45, 7) is 5.74. The third-order valence-electron chi connectivity index (χ3n) is 3.00. The molecule has 5 heteroatoms. The number of rotatable bonds is 5. The quantitative estimate of drug-likeness (QED) is 0.822. The summed E-state index contributed by atoms with van der Waals surface area (Å²) in [5.41, 5.74) is 0.895. The Hall–Kier alpha value is -0.430. The van der Waals surface area contributed by atoms with Crippen LogP contribution in [0, 0.1) is 16.4 Å². The molecule has 1 unspecified atom stereocenters. The molecule has 0 radical (unpaired) electrons. The first kappa shape index (κ1) is 13.0. The number of halogens is 1. The van der Waals surface area contributed by atoms with Gasteiger partial charge in [0.15, 0.2) is 0 Å². The van der Waals surface area contributed by atoms with E-state index >= 15 is 0 Å². The Morgan fingerprint density at radius 3 is 3.00 bits per heavy atom. The standard InChI is InChI=1S/C12H18IN3O/c1-8(5-14-10-3-4-10)6-16-7-15-9(2)11(13)12(16)17/h7-8,10,14H,3-6H2,1-2H3. The molecule has 0 aliphatic heterocycles. The first-order chi connectivity index (χ1) is 8.08. The van der Waals surface area contributed by atoms with Gasteiger partial charge in [0.05, 0.1) is 15.6 Å². The van der Waals surface area contributed by atoms with Crippen LogP contribution in [-0.4, -0.2) is 22.1 Å². The Kier molecular flexibility index (Phi) is 4.19. The molecule has 94 valence electrons. The minimum absolute atomic E-state index is 0.0800. The van der Waals surface area contributed by atoms with Crippen molar-refractivity contribution < 1.29 is 0 Å². The van der Waals surface area contributed by atoms with Crippen molar-refractivity contribution in [2.24, 2.45) is 5.92 Å². The number of hydrogen-bond acceptors (Lipinski definition) is 3. The number of hydrogen-bond donors (Lipinski definition) is 1. The summed E-state index contributed by atoms with van der Waals surface area (Å²) in [6.07, 6.45) is 4.26. The average molecular weight is 347 g/mol. The van der Waals surface area contributed by atoms with Crippen LogP contribution in [0.3, 0.4) is 0 Å². The minimum Gasteiger partial charge on any atom is -0.314 e. The van der Waals surface area contributed by atoms with Crippen LogP contribution in [0.15, 0.2) is 11.1 Å². The van der Waals surface area contributed by atoms with Crippen LogP contribution in [0.5, 0.6) is 0 Å². The van der Waals surface area contributed by atoms with Gasteiger partial charge in [-0.05, 0) is 54.8 Å². The molecule has 4 nitrogen and oxygen atoms in total. The highest BCUT2D eigenvalue weighted by Gasteiger charge is 2.21. The van der Waals surface area contributed by atoms with Crippen LogP contribution < -0.4 is 10.9 Å². The van der Waals surface area contributed by atoms with E-state index < -0.39 is 0 Å². The maximum absolute atomic E-state index is 12.0. The molecule has 17 heavy (non-hydrogen) atoms. The smallest absolute Gasteiger partial charge is 0.267 e. The molecule has 1 aliphatic carbocycles. The molecule has 1 aromatic heterocycles. The molecule has 1 aliphatic rings. The summed E-state index contributed by atoms with van der Waals surface area (Å²) in [5, 5.41) is 3.48. The molecule has 1 atom stereocenters. The summed E-state index contributed by atoms with van der Waals surface area (Å²) >= 11 is 2.07. The Bertz CT molecular complexity index is 454. The van der Waals surface area contributed by atoms with E-state index in [1.54, 1.807) is 10.9 Å². The van der Waals surface area contributed by atoms with Gasteiger partial charge in [-0.3, -0.25) is 9.36 Å². The lowest BCUT2D eigenvalue weighted by molar-refractivity contribution is 0.433. The third-order valence-corrected chi connectivity index (χ3v) is 4.24. The van der Waals surface area contributed by atoms with Gasteiger partial charge >= 0.3 is 0 Å². The highest BCUT2D eigenvalue weighted by Crippen LogP contribution is 2.18. The highest BCUT2D eigenvalue weighted by molar-refractivity contribution is 14.1. The largest absolute Gasteiger partial charge is 0.314 e. The lowest BCUT2D eigenvalue weighted by Crippen LogP contribution is -2.31. The van der Waals surface area contributed by atoms with Gasteiger partial charge in [-0.1, -0.05) is 6.92 Å². The van der Waals surface area contributed by atoms with E-state index in [-0.39, 0.29) is 5.56 Å². The second-order valence-electron chi connectivity index (χ2n) is 4.89. The zero-order valence-electron chi connectivity index (χ0n) is 10.2. The summed E-state index contributed by atoms with van der Waals surface area (Å²) in [4.78, 5) is 16.2. The SMILES string of the molecule is Cc1ncn(CC(C)CNC2CC2)c(=O)c1I.